The lowest BCUT2D eigenvalue weighted by Crippen LogP contribution is -1.99. The van der Waals surface area contributed by atoms with E-state index in [0.717, 1.165) is 40.4 Å². The number of ketones is 1. The number of carbonyl (C=O) groups is 1. The second-order valence-corrected chi connectivity index (χ2v) is 6.09. The van der Waals surface area contributed by atoms with Gasteiger partial charge in [-0.2, -0.15) is 0 Å². The fraction of sp³-hybridized carbons (Fsp3) is 0.312. The van der Waals surface area contributed by atoms with Crippen LogP contribution < -0.4 is 0 Å². The van der Waals surface area contributed by atoms with Gasteiger partial charge in [0.1, 0.15) is 5.82 Å². The highest BCUT2D eigenvalue weighted by molar-refractivity contribution is 9.10. The van der Waals surface area contributed by atoms with E-state index in [1.165, 1.54) is 12.1 Å². The van der Waals surface area contributed by atoms with Crippen molar-refractivity contribution in [1.29, 1.82) is 0 Å². The Morgan fingerprint density at radius 3 is 2.80 bits per heavy atom. The van der Waals surface area contributed by atoms with Gasteiger partial charge < -0.3 is 4.57 Å². The van der Waals surface area contributed by atoms with Gasteiger partial charge in [-0.25, -0.2) is 4.39 Å². The first-order chi connectivity index (χ1) is 9.63. The maximum absolute atomic E-state index is 13.1. The molecule has 0 atom stereocenters. The Balaban J connectivity index is 1.88. The van der Waals surface area contributed by atoms with Gasteiger partial charge in [-0.3, -0.25) is 4.79 Å². The Bertz CT molecular complexity index is 662. The van der Waals surface area contributed by atoms with Crippen molar-refractivity contribution in [3.05, 3.63) is 57.6 Å². The summed E-state index contributed by atoms with van der Waals surface area (Å²) in [6.07, 6.45) is 7.66. The normalized spacial score (nSPS) is 15.0. The summed E-state index contributed by atoms with van der Waals surface area (Å²) in [5.41, 5.74) is 3.01. The largest absolute Gasteiger partial charge is 0.349 e. The number of hydrogen-bond donors (Lipinski definition) is 0. The maximum Gasteiger partial charge on any atom is 0.164 e. The third-order valence-electron chi connectivity index (χ3n) is 3.73. The minimum absolute atomic E-state index is 0.245. The summed E-state index contributed by atoms with van der Waals surface area (Å²) in [5.74, 6) is -0.00601. The molecule has 4 heteroatoms. The van der Waals surface area contributed by atoms with Gasteiger partial charge in [-0.05, 0) is 42.5 Å². The average Bonchev–Trinajstić information content (AvgIpc) is 2.73. The van der Waals surface area contributed by atoms with Gasteiger partial charge >= 0.3 is 0 Å². The topological polar surface area (TPSA) is 22.0 Å². The fourth-order valence-corrected chi connectivity index (χ4v) is 3.16. The molecule has 1 aliphatic carbocycles. The Labute approximate surface area is 125 Å². The standard InChI is InChI=1S/C16H15BrFNO/c17-15-7-13(18)6-5-12(15)9-19-8-11-3-1-2-4-16(20)14(11)10-19/h5-8,10H,1-4,9H2. The minimum Gasteiger partial charge on any atom is -0.349 e. The summed E-state index contributed by atoms with van der Waals surface area (Å²) in [7, 11) is 0. The Morgan fingerprint density at radius 2 is 2.00 bits per heavy atom. The lowest BCUT2D eigenvalue weighted by molar-refractivity contribution is 0.0982. The molecule has 1 aromatic carbocycles. The monoisotopic (exact) mass is 335 g/mol. The van der Waals surface area contributed by atoms with Crippen molar-refractivity contribution in [3.8, 4) is 0 Å². The summed E-state index contributed by atoms with van der Waals surface area (Å²) in [4.78, 5) is 12.0. The van der Waals surface area contributed by atoms with Crippen LogP contribution in [-0.4, -0.2) is 10.4 Å². The van der Waals surface area contributed by atoms with Crippen molar-refractivity contribution in [2.24, 2.45) is 0 Å². The van der Waals surface area contributed by atoms with E-state index in [1.807, 2.05) is 17.0 Å². The molecule has 0 unspecified atom stereocenters. The number of fused-ring (bicyclic) bond motifs is 1. The number of carbonyl (C=O) groups excluding carboxylic acids is 1. The zero-order valence-electron chi connectivity index (χ0n) is 11.0. The molecule has 0 aliphatic heterocycles. The average molecular weight is 336 g/mol. The van der Waals surface area contributed by atoms with Crippen LogP contribution in [0.15, 0.2) is 35.1 Å². The van der Waals surface area contributed by atoms with Crippen LogP contribution >= 0.6 is 15.9 Å². The molecule has 1 aliphatic rings. The number of benzene rings is 1. The molecule has 0 spiro atoms. The molecule has 0 saturated heterocycles. The van der Waals surface area contributed by atoms with Gasteiger partial charge in [0.2, 0.25) is 0 Å². The summed E-state index contributed by atoms with van der Waals surface area (Å²) in [5, 5.41) is 0. The molecule has 104 valence electrons. The van der Waals surface area contributed by atoms with Crippen molar-refractivity contribution in [1.82, 2.24) is 4.57 Å². The molecule has 0 N–H and O–H groups in total. The van der Waals surface area contributed by atoms with Crippen LogP contribution in [0, 0.1) is 5.82 Å². The number of rotatable bonds is 2. The summed E-state index contributed by atoms with van der Waals surface area (Å²) in [6.45, 7) is 0.640. The van der Waals surface area contributed by atoms with E-state index in [2.05, 4.69) is 15.9 Å². The van der Waals surface area contributed by atoms with Crippen molar-refractivity contribution >= 4 is 21.7 Å². The van der Waals surface area contributed by atoms with Gasteiger partial charge in [0, 0.05) is 35.4 Å². The van der Waals surface area contributed by atoms with Crippen molar-refractivity contribution in [2.75, 3.05) is 0 Å². The summed E-state index contributed by atoms with van der Waals surface area (Å²) in [6, 6.07) is 4.70. The number of Topliss-reactive ketones (excluding diaryl/α,β-unsaturated/α-hetero) is 1. The summed E-state index contributed by atoms with van der Waals surface area (Å²) < 4.78 is 15.9. The second-order valence-electron chi connectivity index (χ2n) is 5.24. The number of aromatic nitrogens is 1. The number of hydrogen-bond acceptors (Lipinski definition) is 1. The van der Waals surface area contributed by atoms with Crippen molar-refractivity contribution in [2.45, 2.75) is 32.2 Å². The highest BCUT2D eigenvalue weighted by atomic mass is 79.9. The van der Waals surface area contributed by atoms with Crippen molar-refractivity contribution < 1.29 is 9.18 Å². The van der Waals surface area contributed by atoms with Gasteiger partial charge in [0.15, 0.2) is 5.78 Å². The fourth-order valence-electron chi connectivity index (χ4n) is 2.68. The second kappa shape index (κ2) is 5.52. The van der Waals surface area contributed by atoms with Crippen LogP contribution in [-0.2, 0) is 13.0 Å². The molecule has 0 amide bonds. The smallest absolute Gasteiger partial charge is 0.164 e. The predicted molar refractivity (Wildman–Crippen MR) is 79.5 cm³/mol. The zero-order valence-corrected chi connectivity index (χ0v) is 12.6. The first-order valence-electron chi connectivity index (χ1n) is 6.79. The highest BCUT2D eigenvalue weighted by Crippen LogP contribution is 2.24. The molecule has 20 heavy (non-hydrogen) atoms. The first-order valence-corrected chi connectivity index (χ1v) is 7.58. The number of aryl methyl sites for hydroxylation is 1. The van der Waals surface area contributed by atoms with Gasteiger partial charge in [0.05, 0.1) is 0 Å². The van der Waals surface area contributed by atoms with Crippen LogP contribution in [0.5, 0.6) is 0 Å². The Kier molecular flexibility index (Phi) is 3.74. The molecule has 2 nitrogen and oxygen atoms in total. The Hall–Kier alpha value is -1.42. The van der Waals surface area contributed by atoms with E-state index in [9.17, 15) is 9.18 Å². The third kappa shape index (κ3) is 2.70. The number of halogens is 2. The quantitative estimate of drug-likeness (QED) is 0.748. The molecule has 0 fully saturated rings. The SMILES string of the molecule is O=C1CCCCc2cn(Cc3ccc(F)cc3Br)cc21. The van der Waals surface area contributed by atoms with E-state index < -0.39 is 0 Å². The van der Waals surface area contributed by atoms with Crippen molar-refractivity contribution in [3.63, 3.8) is 0 Å². The number of nitrogens with zero attached hydrogens (tertiary/aromatic N) is 1. The molecular weight excluding hydrogens is 321 g/mol. The van der Waals surface area contributed by atoms with E-state index in [-0.39, 0.29) is 11.6 Å². The molecule has 0 radical (unpaired) electrons. The lowest BCUT2D eigenvalue weighted by Gasteiger charge is -2.06. The Morgan fingerprint density at radius 1 is 1.20 bits per heavy atom. The zero-order chi connectivity index (χ0) is 14.1. The lowest BCUT2D eigenvalue weighted by atomic mass is 10.1. The van der Waals surface area contributed by atoms with Crippen LogP contribution in [0.3, 0.4) is 0 Å². The van der Waals surface area contributed by atoms with E-state index >= 15 is 0 Å². The van der Waals surface area contributed by atoms with E-state index in [0.29, 0.717) is 13.0 Å². The molecular formula is C16H15BrFNO. The molecule has 1 aromatic heterocycles. The minimum atomic E-state index is -0.251. The van der Waals surface area contributed by atoms with E-state index in [4.69, 9.17) is 0 Å². The molecule has 3 rings (SSSR count). The molecule has 1 heterocycles. The van der Waals surface area contributed by atoms with Gasteiger partial charge in [-0.1, -0.05) is 22.0 Å². The van der Waals surface area contributed by atoms with Crippen LogP contribution in [0.4, 0.5) is 4.39 Å². The highest BCUT2D eigenvalue weighted by Gasteiger charge is 2.17. The molecule has 0 bridgehead atoms. The third-order valence-corrected chi connectivity index (χ3v) is 4.47. The molecule has 2 aromatic rings. The molecule has 0 saturated carbocycles. The van der Waals surface area contributed by atoms with Crippen LogP contribution in [0.1, 0.15) is 40.7 Å². The van der Waals surface area contributed by atoms with E-state index in [1.54, 1.807) is 6.07 Å². The maximum atomic E-state index is 13.1. The van der Waals surface area contributed by atoms with Crippen LogP contribution in [0.2, 0.25) is 0 Å². The van der Waals surface area contributed by atoms with Gasteiger partial charge in [0.25, 0.3) is 0 Å². The first kappa shape index (κ1) is 13.6. The predicted octanol–water partition coefficient (Wildman–Crippen LogP) is 4.35. The van der Waals surface area contributed by atoms with Gasteiger partial charge in [-0.15, -0.1) is 0 Å². The van der Waals surface area contributed by atoms with Crippen LogP contribution in [0.25, 0.3) is 0 Å². The summed E-state index contributed by atoms with van der Waals surface area (Å²) >= 11 is 3.38.